The highest BCUT2D eigenvalue weighted by molar-refractivity contribution is 5.77. The monoisotopic (exact) mass is 299 g/mol. The zero-order valence-corrected chi connectivity index (χ0v) is 12.0. The van der Waals surface area contributed by atoms with Crippen LogP contribution in [0.5, 0.6) is 0 Å². The largest absolute Gasteiger partial charge is 0.396 e. The summed E-state index contributed by atoms with van der Waals surface area (Å²) in [7, 11) is 0. The molecule has 3 rings (SSSR count). The second-order valence-electron chi connectivity index (χ2n) is 5.01. The number of H-pyrrole nitrogens is 1. The minimum absolute atomic E-state index is 0.0698. The van der Waals surface area contributed by atoms with Crippen LogP contribution in [-0.4, -0.2) is 31.2 Å². The van der Waals surface area contributed by atoms with Crippen LogP contribution in [0.1, 0.15) is 12.8 Å². The molecule has 0 saturated heterocycles. The van der Waals surface area contributed by atoms with E-state index >= 15 is 0 Å². The third-order valence-corrected chi connectivity index (χ3v) is 3.45. The number of nitrogens with two attached hydrogens (primary N) is 1. The molecule has 0 bridgehead atoms. The van der Waals surface area contributed by atoms with Crippen LogP contribution in [0.2, 0.25) is 0 Å². The Hall–Kier alpha value is -2.67. The molecule has 0 unspecified atom stereocenters. The molecule has 0 amide bonds. The second-order valence-corrected chi connectivity index (χ2v) is 5.01. The molecule has 22 heavy (non-hydrogen) atoms. The van der Waals surface area contributed by atoms with Crippen molar-refractivity contribution in [3.8, 4) is 11.4 Å². The van der Waals surface area contributed by atoms with Gasteiger partial charge in [0.05, 0.1) is 0 Å². The number of unbranched alkanes of at least 4 members (excludes halogenated alkanes) is 1. The van der Waals surface area contributed by atoms with E-state index in [2.05, 4.69) is 15.0 Å². The van der Waals surface area contributed by atoms with Crippen LogP contribution >= 0.6 is 0 Å². The van der Waals surface area contributed by atoms with Crippen molar-refractivity contribution in [2.45, 2.75) is 19.4 Å². The Bertz CT molecular complexity index is 838. The summed E-state index contributed by atoms with van der Waals surface area (Å²) in [5.74, 6) is 0.748. The number of benzene rings is 1. The number of aryl methyl sites for hydroxylation is 1. The molecule has 114 valence electrons. The average molecular weight is 299 g/mol. The predicted octanol–water partition coefficient (Wildman–Crippen LogP) is 1.14. The van der Waals surface area contributed by atoms with E-state index < -0.39 is 0 Å². The first-order chi connectivity index (χ1) is 10.7. The van der Waals surface area contributed by atoms with Gasteiger partial charge in [0.2, 0.25) is 5.95 Å². The van der Waals surface area contributed by atoms with E-state index in [0.29, 0.717) is 24.4 Å². The zero-order chi connectivity index (χ0) is 15.5. The van der Waals surface area contributed by atoms with E-state index in [0.717, 1.165) is 12.0 Å². The molecule has 0 atom stereocenters. The van der Waals surface area contributed by atoms with Gasteiger partial charge in [0.25, 0.3) is 5.56 Å². The summed E-state index contributed by atoms with van der Waals surface area (Å²) in [5, 5.41) is 8.97. The SMILES string of the molecule is Nc1nc2c(nc(-c3ccccc3)n2CCCCO)c(=O)[nH]1. The standard InChI is InChI=1S/C15H17N5O2/c16-15-18-13-11(14(22)19-15)17-12(10-6-2-1-3-7-10)20(13)8-4-5-9-21/h1-3,6-7,21H,4-5,8-9H2,(H3,16,18,19,22). The molecule has 0 aliphatic carbocycles. The molecule has 0 spiro atoms. The molecular formula is C15H17N5O2. The second kappa shape index (κ2) is 5.98. The lowest BCUT2D eigenvalue weighted by atomic mass is 10.2. The van der Waals surface area contributed by atoms with E-state index in [-0.39, 0.29) is 23.6 Å². The summed E-state index contributed by atoms with van der Waals surface area (Å²) in [6.45, 7) is 0.737. The lowest BCUT2D eigenvalue weighted by Crippen LogP contribution is -2.12. The van der Waals surface area contributed by atoms with Crippen molar-refractivity contribution in [2.75, 3.05) is 12.3 Å². The molecule has 0 aliphatic heterocycles. The molecule has 3 aromatic rings. The summed E-state index contributed by atoms with van der Waals surface area (Å²) in [6.07, 6.45) is 1.43. The van der Waals surface area contributed by atoms with Gasteiger partial charge in [0.1, 0.15) is 5.82 Å². The van der Waals surface area contributed by atoms with Crippen molar-refractivity contribution in [1.29, 1.82) is 0 Å². The minimum atomic E-state index is -0.347. The number of nitrogens with one attached hydrogen (secondary N) is 1. The third-order valence-electron chi connectivity index (χ3n) is 3.45. The fourth-order valence-electron chi connectivity index (χ4n) is 2.43. The topological polar surface area (TPSA) is 110 Å². The number of anilines is 1. The first kappa shape index (κ1) is 14.3. The number of rotatable bonds is 5. The van der Waals surface area contributed by atoms with Crippen LogP contribution in [0.15, 0.2) is 35.1 Å². The van der Waals surface area contributed by atoms with Crippen LogP contribution in [0.3, 0.4) is 0 Å². The van der Waals surface area contributed by atoms with Gasteiger partial charge in [-0.1, -0.05) is 30.3 Å². The van der Waals surface area contributed by atoms with Crippen molar-refractivity contribution in [1.82, 2.24) is 19.5 Å². The number of nitrogen functional groups attached to an aromatic ring is 1. The highest BCUT2D eigenvalue weighted by Gasteiger charge is 2.16. The van der Waals surface area contributed by atoms with Crippen molar-refractivity contribution in [3.63, 3.8) is 0 Å². The Morgan fingerprint density at radius 1 is 1.18 bits per heavy atom. The lowest BCUT2D eigenvalue weighted by Gasteiger charge is -2.08. The van der Waals surface area contributed by atoms with Crippen molar-refractivity contribution >= 4 is 17.1 Å². The summed E-state index contributed by atoms with van der Waals surface area (Å²) >= 11 is 0. The molecule has 7 heteroatoms. The smallest absolute Gasteiger partial charge is 0.280 e. The fraction of sp³-hybridized carbons (Fsp3) is 0.267. The number of nitrogens with zero attached hydrogens (tertiary/aromatic N) is 3. The Morgan fingerprint density at radius 3 is 2.68 bits per heavy atom. The fourth-order valence-corrected chi connectivity index (χ4v) is 2.43. The van der Waals surface area contributed by atoms with Crippen LogP contribution in [0.25, 0.3) is 22.6 Å². The molecule has 7 nitrogen and oxygen atoms in total. The van der Waals surface area contributed by atoms with Crippen LogP contribution < -0.4 is 11.3 Å². The van der Waals surface area contributed by atoms with Gasteiger partial charge in [-0.05, 0) is 12.8 Å². The van der Waals surface area contributed by atoms with E-state index in [9.17, 15) is 4.79 Å². The number of aromatic amines is 1. The molecule has 2 heterocycles. The van der Waals surface area contributed by atoms with Gasteiger partial charge in [0, 0.05) is 18.7 Å². The Kier molecular flexibility index (Phi) is 3.88. The van der Waals surface area contributed by atoms with E-state index in [1.807, 2.05) is 34.9 Å². The molecule has 0 radical (unpaired) electrons. The number of aliphatic hydroxyl groups is 1. The summed E-state index contributed by atoms with van der Waals surface area (Å²) in [4.78, 5) is 23.2. The maximum atomic E-state index is 12.0. The number of hydrogen-bond donors (Lipinski definition) is 3. The van der Waals surface area contributed by atoms with Crippen molar-refractivity contribution < 1.29 is 5.11 Å². The van der Waals surface area contributed by atoms with E-state index in [1.54, 1.807) is 0 Å². The molecular weight excluding hydrogens is 282 g/mol. The maximum Gasteiger partial charge on any atom is 0.280 e. The van der Waals surface area contributed by atoms with Crippen LogP contribution in [0, 0.1) is 0 Å². The molecule has 4 N–H and O–H groups in total. The first-order valence-corrected chi connectivity index (χ1v) is 7.13. The normalized spacial score (nSPS) is 11.1. The number of imidazole rings is 1. The molecule has 0 saturated carbocycles. The highest BCUT2D eigenvalue weighted by Crippen LogP contribution is 2.22. The quantitative estimate of drug-likeness (QED) is 0.612. The maximum absolute atomic E-state index is 12.0. The molecule has 0 aliphatic rings. The van der Waals surface area contributed by atoms with Gasteiger partial charge in [-0.15, -0.1) is 0 Å². The van der Waals surface area contributed by atoms with Crippen LogP contribution in [-0.2, 0) is 6.54 Å². The van der Waals surface area contributed by atoms with Gasteiger partial charge < -0.3 is 15.4 Å². The number of hydrogen-bond acceptors (Lipinski definition) is 5. The Labute approximate surface area is 126 Å². The lowest BCUT2D eigenvalue weighted by molar-refractivity contribution is 0.281. The van der Waals surface area contributed by atoms with E-state index in [1.165, 1.54) is 0 Å². The van der Waals surface area contributed by atoms with Gasteiger partial charge >= 0.3 is 0 Å². The number of fused-ring (bicyclic) bond motifs is 1. The summed E-state index contributed by atoms with van der Waals surface area (Å²) in [5.41, 5.74) is 6.95. The van der Waals surface area contributed by atoms with Gasteiger partial charge in [-0.2, -0.15) is 4.98 Å². The van der Waals surface area contributed by atoms with Gasteiger partial charge in [0.15, 0.2) is 11.2 Å². The predicted molar refractivity (Wildman–Crippen MR) is 84.3 cm³/mol. The zero-order valence-electron chi connectivity index (χ0n) is 12.0. The first-order valence-electron chi connectivity index (χ1n) is 7.13. The van der Waals surface area contributed by atoms with E-state index in [4.69, 9.17) is 10.8 Å². The minimum Gasteiger partial charge on any atom is -0.396 e. The van der Waals surface area contributed by atoms with Crippen LogP contribution in [0.4, 0.5) is 5.95 Å². The number of aromatic nitrogens is 4. The number of aliphatic hydroxyl groups excluding tert-OH is 1. The van der Waals surface area contributed by atoms with Gasteiger partial charge in [-0.25, -0.2) is 4.98 Å². The van der Waals surface area contributed by atoms with Crippen molar-refractivity contribution in [2.24, 2.45) is 0 Å². The average Bonchev–Trinajstić information content (AvgIpc) is 2.88. The Balaban J connectivity index is 2.19. The summed E-state index contributed by atoms with van der Waals surface area (Å²) < 4.78 is 1.88. The molecule has 2 aromatic heterocycles. The Morgan fingerprint density at radius 2 is 1.95 bits per heavy atom. The molecule has 1 aromatic carbocycles. The van der Waals surface area contributed by atoms with Gasteiger partial charge in [-0.3, -0.25) is 9.78 Å². The third kappa shape index (κ3) is 2.58. The molecule has 0 fully saturated rings. The summed E-state index contributed by atoms with van der Waals surface area (Å²) in [6, 6.07) is 9.62. The van der Waals surface area contributed by atoms with Crippen molar-refractivity contribution in [3.05, 3.63) is 40.7 Å². The highest BCUT2D eigenvalue weighted by atomic mass is 16.2.